The van der Waals surface area contributed by atoms with Gasteiger partial charge in [0.15, 0.2) is 23.1 Å². The van der Waals surface area contributed by atoms with Crippen molar-refractivity contribution in [2.45, 2.75) is 30.9 Å². The lowest BCUT2D eigenvalue weighted by Crippen LogP contribution is -2.51. The lowest BCUT2D eigenvalue weighted by atomic mass is 9.74. The van der Waals surface area contributed by atoms with Crippen LogP contribution in [0, 0.1) is 5.82 Å². The topological polar surface area (TPSA) is 90.0 Å². The van der Waals surface area contributed by atoms with E-state index in [9.17, 15) is 9.18 Å². The molecule has 0 saturated heterocycles. The number of benzene rings is 2. The van der Waals surface area contributed by atoms with Crippen LogP contribution in [0.15, 0.2) is 59.9 Å². The fourth-order valence-corrected chi connectivity index (χ4v) is 5.14. The molecule has 2 aliphatic rings. The van der Waals surface area contributed by atoms with Crippen molar-refractivity contribution in [2.75, 3.05) is 14.2 Å². The highest BCUT2D eigenvalue weighted by Gasteiger charge is 2.56. The van der Waals surface area contributed by atoms with E-state index in [1.807, 2.05) is 25.1 Å². The Morgan fingerprint density at radius 2 is 2.00 bits per heavy atom. The van der Waals surface area contributed by atoms with Gasteiger partial charge >= 0.3 is 0 Å². The van der Waals surface area contributed by atoms with Gasteiger partial charge in [0.2, 0.25) is 0 Å². The molecule has 1 spiro atoms. The van der Waals surface area contributed by atoms with Gasteiger partial charge in [0.05, 0.1) is 12.1 Å². The van der Waals surface area contributed by atoms with Crippen LogP contribution in [-0.2, 0) is 16.8 Å². The Morgan fingerprint density at radius 1 is 1.20 bits per heavy atom. The Balaban J connectivity index is 1.61. The van der Waals surface area contributed by atoms with Gasteiger partial charge in [-0.1, -0.05) is 23.7 Å². The predicted molar refractivity (Wildman–Crippen MR) is 131 cm³/mol. The smallest absolute Gasteiger partial charge is 0.261 e. The highest BCUT2D eigenvalue weighted by atomic mass is 35.5. The van der Waals surface area contributed by atoms with E-state index in [-0.39, 0.29) is 24.0 Å². The van der Waals surface area contributed by atoms with Crippen LogP contribution < -0.4 is 15.2 Å². The molecule has 0 fully saturated rings. The number of likely N-dealkylation sites (N-methyl/N-ethyl adjacent to an activating group) is 1. The third kappa shape index (κ3) is 3.87. The molecule has 0 saturated carbocycles. The number of guanidine groups is 1. The molecule has 2 aliphatic heterocycles. The second kappa shape index (κ2) is 8.23. The monoisotopic (exact) mass is 494 g/mol. The zero-order valence-electron chi connectivity index (χ0n) is 19.5. The minimum atomic E-state index is -1.27. The maximum absolute atomic E-state index is 14.4. The third-order valence-corrected chi connectivity index (χ3v) is 6.76. The van der Waals surface area contributed by atoms with Crippen molar-refractivity contribution in [1.29, 1.82) is 0 Å². The van der Waals surface area contributed by atoms with Crippen LogP contribution in [0.1, 0.15) is 24.5 Å². The number of amides is 1. The van der Waals surface area contributed by atoms with Gasteiger partial charge in [-0.2, -0.15) is 0 Å². The second-order valence-electron chi connectivity index (χ2n) is 9.17. The van der Waals surface area contributed by atoms with Crippen LogP contribution in [0.5, 0.6) is 11.5 Å². The summed E-state index contributed by atoms with van der Waals surface area (Å²) in [5.74, 6) is 0.117. The van der Waals surface area contributed by atoms with Crippen molar-refractivity contribution in [3.05, 3.63) is 76.8 Å². The number of carbonyl (C=O) groups excluding carboxylic acids is 1. The van der Waals surface area contributed by atoms with Gasteiger partial charge in [0.25, 0.3) is 5.91 Å². The molecule has 3 aromatic rings. The summed E-state index contributed by atoms with van der Waals surface area (Å²) in [4.78, 5) is 23.8. The average molecular weight is 495 g/mol. The molecule has 1 amide bonds. The van der Waals surface area contributed by atoms with E-state index in [1.54, 1.807) is 37.6 Å². The first-order valence-electron chi connectivity index (χ1n) is 11.0. The lowest BCUT2D eigenvalue weighted by molar-refractivity contribution is -0.133. The quantitative estimate of drug-likeness (QED) is 0.583. The Kier molecular flexibility index (Phi) is 5.44. The maximum atomic E-state index is 14.4. The number of carbonyl (C=O) groups is 1. The van der Waals surface area contributed by atoms with Crippen molar-refractivity contribution in [3.63, 3.8) is 0 Å². The van der Waals surface area contributed by atoms with E-state index in [4.69, 9.17) is 26.8 Å². The normalized spacial score (nSPS) is 23.2. The zero-order valence-corrected chi connectivity index (χ0v) is 20.3. The van der Waals surface area contributed by atoms with Gasteiger partial charge in [-0.25, -0.2) is 9.38 Å². The number of nitrogens with two attached hydrogens (primary N) is 1. The number of pyridine rings is 1. The van der Waals surface area contributed by atoms with Crippen LogP contribution in [-0.4, -0.2) is 41.5 Å². The molecule has 180 valence electrons. The number of ether oxygens (including phenoxy) is 2. The Bertz CT molecular complexity index is 1380. The number of aliphatic imine (C=N–C) groups is 1. The number of fused-ring (bicyclic) bond motifs is 2. The summed E-state index contributed by atoms with van der Waals surface area (Å²) in [6, 6.07) is 12.2. The molecule has 9 heteroatoms. The summed E-state index contributed by atoms with van der Waals surface area (Å²) in [5, 5.41) is 0.504. The number of aromatic nitrogens is 1. The molecule has 0 aliphatic carbocycles. The Hall–Kier alpha value is -3.65. The zero-order chi connectivity index (χ0) is 25.0. The van der Waals surface area contributed by atoms with Crippen molar-refractivity contribution in [2.24, 2.45) is 10.7 Å². The van der Waals surface area contributed by atoms with E-state index in [0.29, 0.717) is 28.3 Å². The summed E-state index contributed by atoms with van der Waals surface area (Å²) in [5.41, 5.74) is 6.93. The number of methoxy groups -OCH3 is 1. The standard InChI is InChI=1S/C26H24ClFN4O3/c1-25(11-15-4-6-22(34-3)20(28)8-15)14-26(23(33)32(2)24(29)31-26)19-10-16(5-7-21(19)35-25)17-9-18(27)13-30-12-17/h4-10,12-13H,11,14H2,1-3H3,(H2,29,31). The summed E-state index contributed by atoms with van der Waals surface area (Å²) >= 11 is 6.14. The summed E-state index contributed by atoms with van der Waals surface area (Å²) in [6.45, 7) is 1.89. The molecular formula is C26H24ClFN4O3. The second-order valence-corrected chi connectivity index (χ2v) is 9.61. The highest BCUT2D eigenvalue weighted by molar-refractivity contribution is 6.30. The fourth-order valence-electron chi connectivity index (χ4n) is 4.97. The van der Waals surface area contributed by atoms with Crippen LogP contribution in [0.4, 0.5) is 4.39 Å². The largest absolute Gasteiger partial charge is 0.494 e. The molecule has 5 rings (SSSR count). The first kappa shape index (κ1) is 23.1. The van der Waals surface area contributed by atoms with Crippen LogP contribution in [0.2, 0.25) is 5.02 Å². The summed E-state index contributed by atoms with van der Waals surface area (Å²) < 4.78 is 25.9. The summed E-state index contributed by atoms with van der Waals surface area (Å²) in [7, 11) is 3.02. The molecule has 35 heavy (non-hydrogen) atoms. The van der Waals surface area contributed by atoms with Crippen LogP contribution in [0.25, 0.3) is 11.1 Å². The number of hydrogen-bond donors (Lipinski definition) is 1. The summed E-state index contributed by atoms with van der Waals surface area (Å²) in [6.07, 6.45) is 3.83. The van der Waals surface area contributed by atoms with Gasteiger partial charge in [-0.05, 0) is 48.4 Å². The SMILES string of the molecule is COc1ccc(CC2(C)CC3(N=C(N)N(C)C3=O)c3cc(-c4cncc(Cl)c4)ccc3O2)cc1F. The number of rotatable bonds is 4. The predicted octanol–water partition coefficient (Wildman–Crippen LogP) is 4.32. The van der Waals surface area contributed by atoms with Crippen molar-refractivity contribution in [1.82, 2.24) is 9.88 Å². The first-order valence-corrected chi connectivity index (χ1v) is 11.4. The van der Waals surface area contributed by atoms with Gasteiger partial charge in [0.1, 0.15) is 11.4 Å². The Labute approximate surface area is 207 Å². The van der Waals surface area contributed by atoms with E-state index in [2.05, 4.69) is 9.98 Å². The van der Waals surface area contributed by atoms with E-state index >= 15 is 0 Å². The molecular weight excluding hydrogens is 471 g/mol. The van der Waals surface area contributed by atoms with Crippen molar-refractivity contribution < 1.29 is 18.7 Å². The number of hydrogen-bond acceptors (Lipinski definition) is 6. The number of halogens is 2. The number of nitrogens with zero attached hydrogens (tertiary/aromatic N) is 3. The fraction of sp³-hybridized carbons (Fsp3) is 0.269. The lowest BCUT2D eigenvalue weighted by Gasteiger charge is -2.43. The molecule has 7 nitrogen and oxygen atoms in total. The van der Waals surface area contributed by atoms with Crippen molar-refractivity contribution >= 4 is 23.5 Å². The average Bonchev–Trinajstić information content (AvgIpc) is 3.02. The van der Waals surface area contributed by atoms with Gasteiger partial charge in [-0.15, -0.1) is 0 Å². The molecule has 2 aromatic carbocycles. The van der Waals surface area contributed by atoms with Crippen LogP contribution >= 0.6 is 11.6 Å². The van der Waals surface area contributed by atoms with E-state index < -0.39 is 17.0 Å². The molecule has 0 bridgehead atoms. The van der Waals surface area contributed by atoms with Gasteiger partial charge in [-0.3, -0.25) is 14.7 Å². The minimum absolute atomic E-state index is 0.135. The highest BCUT2D eigenvalue weighted by Crippen LogP contribution is 2.50. The van der Waals surface area contributed by atoms with E-state index in [1.165, 1.54) is 18.1 Å². The third-order valence-electron chi connectivity index (χ3n) is 6.55. The molecule has 3 heterocycles. The first-order chi connectivity index (χ1) is 16.6. The molecule has 0 radical (unpaired) electrons. The molecule has 2 N–H and O–H groups in total. The van der Waals surface area contributed by atoms with Gasteiger partial charge in [0, 0.05) is 43.4 Å². The van der Waals surface area contributed by atoms with Crippen LogP contribution in [0.3, 0.4) is 0 Å². The molecule has 2 unspecified atom stereocenters. The Morgan fingerprint density at radius 3 is 2.66 bits per heavy atom. The van der Waals surface area contributed by atoms with Gasteiger partial charge < -0.3 is 15.2 Å². The van der Waals surface area contributed by atoms with Crippen molar-refractivity contribution in [3.8, 4) is 22.6 Å². The molecule has 1 aromatic heterocycles. The minimum Gasteiger partial charge on any atom is -0.494 e. The molecule has 2 atom stereocenters. The maximum Gasteiger partial charge on any atom is 0.261 e. The van der Waals surface area contributed by atoms with E-state index in [0.717, 1.165) is 11.1 Å².